The van der Waals surface area contributed by atoms with Crippen LogP contribution in [0.1, 0.15) is 44.1 Å². The van der Waals surface area contributed by atoms with E-state index >= 15 is 0 Å². The average Bonchev–Trinajstić information content (AvgIpc) is 3.29. The fourth-order valence-corrected chi connectivity index (χ4v) is 6.67. The molecule has 0 spiro atoms. The Balaban J connectivity index is 1.37. The van der Waals surface area contributed by atoms with Gasteiger partial charge in [-0.05, 0) is 61.6 Å². The van der Waals surface area contributed by atoms with Crippen LogP contribution in [0.3, 0.4) is 0 Å². The predicted octanol–water partition coefficient (Wildman–Crippen LogP) is 4.65. The van der Waals surface area contributed by atoms with E-state index in [-0.39, 0.29) is 30.3 Å². The fraction of sp³-hybridized carbons (Fsp3) is 0.458. The van der Waals surface area contributed by atoms with Gasteiger partial charge in [-0.1, -0.05) is 36.6 Å². The van der Waals surface area contributed by atoms with E-state index in [1.165, 1.54) is 5.56 Å². The lowest BCUT2D eigenvalue weighted by Crippen LogP contribution is -2.46. The molecule has 178 valence electrons. The van der Waals surface area contributed by atoms with E-state index in [0.29, 0.717) is 30.5 Å². The maximum atomic E-state index is 14.0. The highest BCUT2D eigenvalue weighted by atomic mass is 35.5. The molecule has 0 radical (unpaired) electrons. The van der Waals surface area contributed by atoms with Gasteiger partial charge in [0.05, 0.1) is 0 Å². The lowest BCUT2D eigenvalue weighted by molar-refractivity contribution is -0.126. The summed E-state index contributed by atoms with van der Waals surface area (Å²) < 4.78 is 54.2. The van der Waals surface area contributed by atoms with E-state index in [1.807, 2.05) is 24.3 Å². The number of rotatable bonds is 6. The van der Waals surface area contributed by atoms with Gasteiger partial charge in [0, 0.05) is 36.0 Å². The van der Waals surface area contributed by atoms with Crippen molar-refractivity contribution < 1.29 is 22.0 Å². The summed E-state index contributed by atoms with van der Waals surface area (Å²) in [6.45, 7) is 0.692. The quantitative estimate of drug-likeness (QED) is 0.633. The highest BCUT2D eigenvalue weighted by molar-refractivity contribution is 7.89. The first-order chi connectivity index (χ1) is 15.7. The molecule has 1 aliphatic heterocycles. The van der Waals surface area contributed by atoms with Crippen molar-refractivity contribution in [3.8, 4) is 0 Å². The first-order valence-electron chi connectivity index (χ1n) is 11.2. The lowest BCUT2D eigenvalue weighted by Gasteiger charge is -2.33. The second-order valence-corrected chi connectivity index (χ2v) is 11.3. The van der Waals surface area contributed by atoms with Crippen molar-refractivity contribution in [1.29, 1.82) is 0 Å². The first-order valence-corrected chi connectivity index (χ1v) is 13.0. The van der Waals surface area contributed by atoms with Crippen LogP contribution in [0, 0.1) is 17.6 Å². The molecular weight excluding hydrogens is 470 g/mol. The van der Waals surface area contributed by atoms with Crippen LogP contribution in [0.15, 0.2) is 47.4 Å². The van der Waals surface area contributed by atoms with E-state index < -0.39 is 26.6 Å². The van der Waals surface area contributed by atoms with Gasteiger partial charge in [0.1, 0.15) is 16.5 Å². The number of halogens is 3. The van der Waals surface area contributed by atoms with Crippen molar-refractivity contribution >= 4 is 27.5 Å². The number of nitrogens with one attached hydrogen (secondary N) is 1. The molecule has 1 saturated carbocycles. The van der Waals surface area contributed by atoms with E-state index in [9.17, 15) is 22.0 Å². The molecule has 33 heavy (non-hydrogen) atoms. The Kier molecular flexibility index (Phi) is 7.07. The summed E-state index contributed by atoms with van der Waals surface area (Å²) >= 11 is 6.04. The van der Waals surface area contributed by atoms with Gasteiger partial charge in [-0.25, -0.2) is 17.2 Å². The van der Waals surface area contributed by atoms with Gasteiger partial charge >= 0.3 is 0 Å². The number of carbonyl (C=O) groups excluding carboxylic acids is 1. The molecule has 0 atom stereocenters. The molecule has 0 aromatic heterocycles. The molecule has 2 fully saturated rings. The summed E-state index contributed by atoms with van der Waals surface area (Å²) in [7, 11) is -4.16. The Hall–Kier alpha value is -2.03. The van der Waals surface area contributed by atoms with Gasteiger partial charge < -0.3 is 5.32 Å². The molecule has 2 aromatic rings. The molecule has 2 aliphatic rings. The summed E-state index contributed by atoms with van der Waals surface area (Å²) in [5, 5.41) is 3.78. The molecule has 1 saturated heterocycles. The van der Waals surface area contributed by atoms with Crippen LogP contribution in [-0.2, 0) is 20.2 Å². The summed E-state index contributed by atoms with van der Waals surface area (Å²) in [5.74, 6) is -2.22. The van der Waals surface area contributed by atoms with Gasteiger partial charge in [0.2, 0.25) is 15.9 Å². The lowest BCUT2D eigenvalue weighted by atomic mass is 9.78. The molecular formula is C24H27ClF2N2O3S. The van der Waals surface area contributed by atoms with Crippen molar-refractivity contribution in [2.75, 3.05) is 19.6 Å². The third kappa shape index (κ3) is 5.08. The van der Waals surface area contributed by atoms with Crippen molar-refractivity contribution in [1.82, 2.24) is 9.62 Å². The smallest absolute Gasteiger partial charge is 0.246 e. The number of carbonyl (C=O) groups is 1. The molecule has 9 heteroatoms. The molecule has 0 bridgehead atoms. The molecule has 4 rings (SSSR count). The van der Waals surface area contributed by atoms with Gasteiger partial charge in [-0.15, -0.1) is 0 Å². The SMILES string of the molecule is O=C(NCC1(c2ccc(Cl)cc2)CCCC1)C1CCN(S(=O)(=O)c2cc(F)ccc2F)CC1. The van der Waals surface area contributed by atoms with E-state index in [0.717, 1.165) is 42.1 Å². The van der Waals surface area contributed by atoms with Gasteiger partial charge in [0.15, 0.2) is 0 Å². The van der Waals surface area contributed by atoms with Crippen LogP contribution in [0.5, 0.6) is 0 Å². The summed E-state index contributed by atoms with van der Waals surface area (Å²) in [6.07, 6.45) is 4.85. The van der Waals surface area contributed by atoms with Crippen LogP contribution < -0.4 is 5.32 Å². The molecule has 2 aromatic carbocycles. The minimum Gasteiger partial charge on any atom is -0.355 e. The molecule has 1 N–H and O–H groups in total. The van der Waals surface area contributed by atoms with Crippen LogP contribution in [0.25, 0.3) is 0 Å². The van der Waals surface area contributed by atoms with Crippen LogP contribution in [-0.4, -0.2) is 38.3 Å². The minimum atomic E-state index is -4.16. The molecule has 0 unspecified atom stereocenters. The van der Waals surface area contributed by atoms with Gasteiger partial charge in [-0.2, -0.15) is 4.31 Å². The largest absolute Gasteiger partial charge is 0.355 e. The zero-order chi connectivity index (χ0) is 23.6. The number of benzene rings is 2. The maximum Gasteiger partial charge on any atom is 0.246 e. The maximum absolute atomic E-state index is 14.0. The predicted molar refractivity (Wildman–Crippen MR) is 122 cm³/mol. The Morgan fingerprint density at radius 2 is 1.70 bits per heavy atom. The zero-order valence-electron chi connectivity index (χ0n) is 18.2. The van der Waals surface area contributed by atoms with Crippen molar-refractivity contribution in [3.63, 3.8) is 0 Å². The number of hydrogen-bond acceptors (Lipinski definition) is 3. The monoisotopic (exact) mass is 496 g/mol. The zero-order valence-corrected chi connectivity index (χ0v) is 19.8. The Labute approximate surface area is 198 Å². The molecule has 1 aliphatic carbocycles. The van der Waals surface area contributed by atoms with Crippen LogP contribution >= 0.6 is 11.6 Å². The normalized spacial score (nSPS) is 19.5. The highest BCUT2D eigenvalue weighted by Gasteiger charge is 2.38. The van der Waals surface area contributed by atoms with Gasteiger partial charge in [0.25, 0.3) is 0 Å². The van der Waals surface area contributed by atoms with Crippen LogP contribution in [0.2, 0.25) is 5.02 Å². The summed E-state index contributed by atoms with van der Waals surface area (Å²) in [4.78, 5) is 12.2. The van der Waals surface area contributed by atoms with Gasteiger partial charge in [-0.3, -0.25) is 4.79 Å². The van der Waals surface area contributed by atoms with Crippen molar-refractivity contribution in [3.05, 3.63) is 64.7 Å². The average molecular weight is 497 g/mol. The Bertz CT molecular complexity index is 1110. The first kappa shape index (κ1) is 24.1. The standard InChI is InChI=1S/C24H27ClF2N2O3S/c25-19-5-3-18(4-6-19)24(11-1-2-12-24)16-28-23(30)17-9-13-29(14-10-17)33(31,32)22-15-20(26)7-8-21(22)27/h3-8,15,17H,1-2,9-14,16H2,(H,28,30). The van der Waals surface area contributed by atoms with E-state index in [2.05, 4.69) is 5.32 Å². The van der Waals surface area contributed by atoms with E-state index in [1.54, 1.807) is 0 Å². The number of piperidine rings is 1. The second kappa shape index (κ2) is 9.68. The summed E-state index contributed by atoms with van der Waals surface area (Å²) in [5.41, 5.74) is 1.06. The fourth-order valence-electron chi connectivity index (χ4n) is 5.00. The van der Waals surface area contributed by atoms with Crippen molar-refractivity contribution in [2.45, 2.75) is 48.8 Å². The number of nitrogens with zero attached hydrogens (tertiary/aromatic N) is 1. The number of hydrogen-bond donors (Lipinski definition) is 1. The topological polar surface area (TPSA) is 66.5 Å². The molecule has 1 heterocycles. The Morgan fingerprint density at radius 1 is 1.06 bits per heavy atom. The second-order valence-electron chi connectivity index (χ2n) is 8.97. The summed E-state index contributed by atoms with van der Waals surface area (Å²) in [6, 6.07) is 10.2. The van der Waals surface area contributed by atoms with Crippen molar-refractivity contribution in [2.24, 2.45) is 5.92 Å². The molecule has 1 amide bonds. The Morgan fingerprint density at radius 3 is 2.33 bits per heavy atom. The number of sulfonamides is 1. The van der Waals surface area contributed by atoms with E-state index in [4.69, 9.17) is 11.6 Å². The number of amides is 1. The third-order valence-electron chi connectivity index (χ3n) is 6.95. The minimum absolute atomic E-state index is 0.0820. The van der Waals surface area contributed by atoms with Crippen LogP contribution in [0.4, 0.5) is 8.78 Å². The molecule has 5 nitrogen and oxygen atoms in total. The highest BCUT2D eigenvalue weighted by Crippen LogP contribution is 2.41. The third-order valence-corrected chi connectivity index (χ3v) is 9.12.